The summed E-state index contributed by atoms with van der Waals surface area (Å²) in [7, 11) is 1.35. The van der Waals surface area contributed by atoms with Crippen LogP contribution < -0.4 is 20.5 Å². The Bertz CT molecular complexity index is 647. The standard InChI is InChI=1S/C15H15FN2O3/c1-20-14-8-10(6-7-11(14)16)18-15(19)9-21-13-5-3-2-4-12(13)17/h2-8H,9,17H2,1H3,(H,18,19). The number of hydrogen-bond donors (Lipinski definition) is 2. The second kappa shape index (κ2) is 6.60. The number of methoxy groups -OCH3 is 1. The van der Waals surface area contributed by atoms with Gasteiger partial charge in [-0.1, -0.05) is 12.1 Å². The molecule has 6 heteroatoms. The van der Waals surface area contributed by atoms with E-state index in [1.165, 1.54) is 25.3 Å². The molecule has 0 saturated carbocycles. The van der Waals surface area contributed by atoms with Gasteiger partial charge in [0.1, 0.15) is 5.75 Å². The Morgan fingerprint density at radius 1 is 1.24 bits per heavy atom. The van der Waals surface area contributed by atoms with Crippen LogP contribution in [0.15, 0.2) is 42.5 Å². The zero-order valence-electron chi connectivity index (χ0n) is 11.4. The summed E-state index contributed by atoms with van der Waals surface area (Å²) in [6.45, 7) is -0.200. The van der Waals surface area contributed by atoms with Gasteiger partial charge < -0.3 is 20.5 Å². The van der Waals surface area contributed by atoms with Gasteiger partial charge in [0.25, 0.3) is 5.91 Å². The zero-order valence-corrected chi connectivity index (χ0v) is 11.4. The van der Waals surface area contributed by atoms with Crippen molar-refractivity contribution < 1.29 is 18.7 Å². The largest absolute Gasteiger partial charge is 0.494 e. The molecule has 21 heavy (non-hydrogen) atoms. The Labute approximate surface area is 121 Å². The van der Waals surface area contributed by atoms with Gasteiger partial charge in [0.05, 0.1) is 12.8 Å². The molecular formula is C15H15FN2O3. The highest BCUT2D eigenvalue weighted by molar-refractivity contribution is 5.92. The Morgan fingerprint density at radius 2 is 2.00 bits per heavy atom. The van der Waals surface area contributed by atoms with Crippen molar-refractivity contribution in [1.82, 2.24) is 0 Å². The fraction of sp³-hybridized carbons (Fsp3) is 0.133. The normalized spacial score (nSPS) is 10.0. The predicted molar refractivity (Wildman–Crippen MR) is 77.9 cm³/mol. The summed E-state index contributed by atoms with van der Waals surface area (Å²) in [6, 6.07) is 10.9. The predicted octanol–water partition coefficient (Wildman–Crippen LogP) is 2.43. The number of ether oxygens (including phenoxy) is 2. The van der Waals surface area contributed by atoms with Crippen molar-refractivity contribution in [2.75, 3.05) is 24.8 Å². The lowest BCUT2D eigenvalue weighted by molar-refractivity contribution is -0.118. The van der Waals surface area contributed by atoms with E-state index < -0.39 is 5.82 Å². The maximum absolute atomic E-state index is 13.2. The SMILES string of the molecule is COc1cc(NC(=O)COc2ccccc2N)ccc1F. The molecule has 3 N–H and O–H groups in total. The minimum Gasteiger partial charge on any atom is -0.494 e. The van der Waals surface area contributed by atoms with Crippen LogP contribution in [-0.2, 0) is 4.79 Å². The van der Waals surface area contributed by atoms with E-state index in [0.717, 1.165) is 0 Å². The molecular weight excluding hydrogens is 275 g/mol. The molecule has 0 fully saturated rings. The summed E-state index contributed by atoms with van der Waals surface area (Å²) < 4.78 is 23.4. The number of rotatable bonds is 5. The number of nitrogens with one attached hydrogen (secondary N) is 1. The van der Waals surface area contributed by atoms with Gasteiger partial charge in [0.15, 0.2) is 18.2 Å². The first-order valence-electron chi connectivity index (χ1n) is 6.21. The fourth-order valence-electron chi connectivity index (χ4n) is 1.69. The lowest BCUT2D eigenvalue weighted by atomic mass is 10.3. The topological polar surface area (TPSA) is 73.6 Å². The molecule has 0 unspecified atom stereocenters. The van der Waals surface area contributed by atoms with E-state index >= 15 is 0 Å². The minimum absolute atomic E-state index is 0.0565. The molecule has 0 heterocycles. The number of hydrogen-bond acceptors (Lipinski definition) is 4. The fourth-order valence-corrected chi connectivity index (χ4v) is 1.69. The number of nitrogens with two attached hydrogens (primary N) is 1. The van der Waals surface area contributed by atoms with E-state index in [-0.39, 0.29) is 18.3 Å². The van der Waals surface area contributed by atoms with Crippen LogP contribution in [0.2, 0.25) is 0 Å². The number of halogens is 1. The number of carbonyl (C=O) groups excluding carboxylic acids is 1. The first-order chi connectivity index (χ1) is 10.1. The van der Waals surface area contributed by atoms with Crippen LogP contribution in [0.4, 0.5) is 15.8 Å². The van der Waals surface area contributed by atoms with E-state index in [1.54, 1.807) is 24.3 Å². The summed E-state index contributed by atoms with van der Waals surface area (Å²) in [4.78, 5) is 11.8. The van der Waals surface area contributed by atoms with Crippen molar-refractivity contribution >= 4 is 17.3 Å². The van der Waals surface area contributed by atoms with Crippen LogP contribution in [0.5, 0.6) is 11.5 Å². The molecule has 0 aliphatic carbocycles. The van der Waals surface area contributed by atoms with E-state index in [9.17, 15) is 9.18 Å². The molecule has 0 atom stereocenters. The van der Waals surface area contributed by atoms with Gasteiger partial charge in [0, 0.05) is 11.8 Å². The lowest BCUT2D eigenvalue weighted by Crippen LogP contribution is -2.20. The van der Waals surface area contributed by atoms with Crippen molar-refractivity contribution in [2.45, 2.75) is 0 Å². The zero-order chi connectivity index (χ0) is 15.2. The van der Waals surface area contributed by atoms with Gasteiger partial charge in [-0.05, 0) is 24.3 Å². The highest BCUT2D eigenvalue weighted by atomic mass is 19.1. The van der Waals surface area contributed by atoms with Crippen LogP contribution in [0.3, 0.4) is 0 Å². The van der Waals surface area contributed by atoms with Gasteiger partial charge in [-0.25, -0.2) is 4.39 Å². The van der Waals surface area contributed by atoms with Gasteiger partial charge >= 0.3 is 0 Å². The number of amides is 1. The highest BCUT2D eigenvalue weighted by Crippen LogP contribution is 2.22. The van der Waals surface area contributed by atoms with E-state index in [0.29, 0.717) is 17.1 Å². The first-order valence-corrected chi connectivity index (χ1v) is 6.21. The van der Waals surface area contributed by atoms with Gasteiger partial charge in [-0.2, -0.15) is 0 Å². The first kappa shape index (κ1) is 14.6. The van der Waals surface area contributed by atoms with Crippen LogP contribution >= 0.6 is 0 Å². The molecule has 0 bridgehead atoms. The molecule has 0 spiro atoms. The molecule has 0 saturated heterocycles. The second-order valence-electron chi connectivity index (χ2n) is 4.22. The Hall–Kier alpha value is -2.76. The molecule has 0 aliphatic rings. The van der Waals surface area contributed by atoms with Crippen LogP contribution in [0, 0.1) is 5.82 Å². The van der Waals surface area contributed by atoms with Crippen molar-refractivity contribution in [1.29, 1.82) is 0 Å². The smallest absolute Gasteiger partial charge is 0.262 e. The van der Waals surface area contributed by atoms with Crippen molar-refractivity contribution in [3.63, 3.8) is 0 Å². The van der Waals surface area contributed by atoms with Crippen LogP contribution in [-0.4, -0.2) is 19.6 Å². The van der Waals surface area contributed by atoms with Gasteiger partial charge in [0.2, 0.25) is 0 Å². The summed E-state index contributed by atoms with van der Waals surface area (Å²) in [5.74, 6) is -0.388. The van der Waals surface area contributed by atoms with E-state index in [2.05, 4.69) is 5.32 Å². The molecule has 1 amide bonds. The molecule has 2 rings (SSSR count). The van der Waals surface area contributed by atoms with Crippen LogP contribution in [0.1, 0.15) is 0 Å². The van der Waals surface area contributed by atoms with E-state index in [4.69, 9.17) is 15.2 Å². The molecule has 2 aromatic rings. The number of carbonyl (C=O) groups is 1. The summed E-state index contributed by atoms with van der Waals surface area (Å²) in [5.41, 5.74) is 6.57. The summed E-state index contributed by atoms with van der Waals surface area (Å²) in [6.07, 6.45) is 0. The van der Waals surface area contributed by atoms with Crippen molar-refractivity contribution in [2.24, 2.45) is 0 Å². The number of para-hydroxylation sites is 2. The van der Waals surface area contributed by atoms with Gasteiger partial charge in [-0.15, -0.1) is 0 Å². The maximum atomic E-state index is 13.2. The number of benzene rings is 2. The summed E-state index contributed by atoms with van der Waals surface area (Å²) in [5, 5.41) is 2.58. The van der Waals surface area contributed by atoms with Crippen molar-refractivity contribution in [3.8, 4) is 11.5 Å². The third-order valence-corrected chi connectivity index (χ3v) is 2.71. The second-order valence-corrected chi connectivity index (χ2v) is 4.22. The molecule has 0 radical (unpaired) electrons. The Kier molecular flexibility index (Phi) is 4.61. The average molecular weight is 290 g/mol. The molecule has 5 nitrogen and oxygen atoms in total. The third-order valence-electron chi connectivity index (χ3n) is 2.71. The average Bonchev–Trinajstić information content (AvgIpc) is 2.48. The molecule has 0 aromatic heterocycles. The van der Waals surface area contributed by atoms with Gasteiger partial charge in [-0.3, -0.25) is 4.79 Å². The molecule has 2 aromatic carbocycles. The molecule has 110 valence electrons. The quantitative estimate of drug-likeness (QED) is 0.829. The number of anilines is 2. The third kappa shape index (κ3) is 3.85. The minimum atomic E-state index is -0.496. The monoisotopic (exact) mass is 290 g/mol. The highest BCUT2D eigenvalue weighted by Gasteiger charge is 2.08. The van der Waals surface area contributed by atoms with Crippen molar-refractivity contribution in [3.05, 3.63) is 48.3 Å². The molecule has 0 aliphatic heterocycles. The maximum Gasteiger partial charge on any atom is 0.262 e. The van der Waals surface area contributed by atoms with E-state index in [1.807, 2.05) is 0 Å². The Morgan fingerprint density at radius 3 is 2.71 bits per heavy atom. The lowest BCUT2D eigenvalue weighted by Gasteiger charge is -2.10. The van der Waals surface area contributed by atoms with Crippen LogP contribution in [0.25, 0.3) is 0 Å². The number of nitrogen functional groups attached to an aromatic ring is 1. The Balaban J connectivity index is 1.94. The summed E-state index contributed by atoms with van der Waals surface area (Å²) >= 11 is 0.